The lowest BCUT2D eigenvalue weighted by Gasteiger charge is -2.32. The van der Waals surface area contributed by atoms with Gasteiger partial charge in [0.25, 0.3) is 0 Å². The number of ether oxygens (including phenoxy) is 5. The summed E-state index contributed by atoms with van der Waals surface area (Å²) < 4.78 is 30.7. The monoisotopic (exact) mass is 483 g/mol. The first-order valence-corrected chi connectivity index (χ1v) is 12.2. The minimum atomic E-state index is -0.711. The van der Waals surface area contributed by atoms with Gasteiger partial charge < -0.3 is 23.7 Å². The largest absolute Gasteiger partial charge is 0.444 e. The van der Waals surface area contributed by atoms with Crippen molar-refractivity contribution in [1.82, 2.24) is 4.90 Å². The molecule has 4 atom stereocenters. The van der Waals surface area contributed by atoms with E-state index in [4.69, 9.17) is 23.7 Å². The van der Waals surface area contributed by atoms with Gasteiger partial charge in [0.2, 0.25) is 0 Å². The number of benzene rings is 2. The molecule has 4 rings (SSSR count). The van der Waals surface area contributed by atoms with Crippen molar-refractivity contribution in [3.8, 4) is 0 Å². The van der Waals surface area contributed by atoms with Crippen molar-refractivity contribution in [2.45, 2.75) is 83.6 Å². The Balaban J connectivity index is 1.55. The van der Waals surface area contributed by atoms with Crippen LogP contribution >= 0.6 is 0 Å². The van der Waals surface area contributed by atoms with E-state index in [1.807, 2.05) is 95.3 Å². The van der Waals surface area contributed by atoms with Gasteiger partial charge in [-0.3, -0.25) is 4.90 Å². The zero-order valence-corrected chi connectivity index (χ0v) is 21.3. The molecule has 7 heteroatoms. The molecule has 2 fully saturated rings. The second-order valence-electron chi connectivity index (χ2n) is 10.6. The molecule has 2 aliphatic rings. The molecule has 0 saturated carbocycles. The van der Waals surface area contributed by atoms with E-state index in [9.17, 15) is 4.79 Å². The predicted molar refractivity (Wildman–Crippen MR) is 132 cm³/mol. The summed E-state index contributed by atoms with van der Waals surface area (Å²) in [4.78, 5) is 14.5. The van der Waals surface area contributed by atoms with Crippen LogP contribution in [0.3, 0.4) is 0 Å². The molecule has 2 aromatic carbocycles. The Bertz CT molecular complexity index is 958. The summed E-state index contributed by atoms with van der Waals surface area (Å²) in [6, 6.07) is 19.8. The smallest absolute Gasteiger partial charge is 0.410 e. The van der Waals surface area contributed by atoms with E-state index in [2.05, 4.69) is 0 Å². The fourth-order valence-corrected chi connectivity index (χ4v) is 4.22. The van der Waals surface area contributed by atoms with Gasteiger partial charge in [-0.25, -0.2) is 4.79 Å². The maximum Gasteiger partial charge on any atom is 0.410 e. The summed E-state index contributed by atoms with van der Waals surface area (Å²) in [5.74, 6) is -0.711. The van der Waals surface area contributed by atoms with Crippen LogP contribution in [-0.2, 0) is 36.9 Å². The highest BCUT2D eigenvalue weighted by molar-refractivity contribution is 5.71. The van der Waals surface area contributed by atoms with Gasteiger partial charge >= 0.3 is 6.09 Å². The lowest BCUT2D eigenvalue weighted by Crippen LogP contribution is -2.47. The third-order valence-electron chi connectivity index (χ3n) is 5.95. The number of hydrogen-bond donors (Lipinski definition) is 0. The molecule has 2 aliphatic heterocycles. The zero-order valence-electron chi connectivity index (χ0n) is 21.3. The standard InChI is InChI=1S/C28H37NO6/c1-27(2,3)35-26(30)29-16-22(29)24(31-17-20-12-8-6-9-13-20)25(23-19-33-28(4,5)34-23)32-18-21-14-10-7-11-15-21/h6-15,22-25H,16-19H2,1-5H3/t22-,23+,24+,25-,29?/m0/s1. The maximum absolute atomic E-state index is 12.8. The Morgan fingerprint density at radius 3 is 2.00 bits per heavy atom. The average Bonchev–Trinajstić information content (AvgIpc) is 3.52. The molecule has 0 unspecified atom stereocenters. The number of hydrogen-bond acceptors (Lipinski definition) is 6. The maximum atomic E-state index is 12.8. The van der Waals surface area contributed by atoms with Crippen molar-refractivity contribution < 1.29 is 28.5 Å². The van der Waals surface area contributed by atoms with Gasteiger partial charge in [-0.15, -0.1) is 0 Å². The van der Waals surface area contributed by atoms with Gasteiger partial charge in [-0.05, 0) is 45.7 Å². The molecule has 0 bridgehead atoms. The molecule has 0 aromatic heterocycles. The molecule has 7 nitrogen and oxygen atoms in total. The third kappa shape index (κ3) is 7.27. The molecular weight excluding hydrogens is 446 g/mol. The van der Waals surface area contributed by atoms with Crippen LogP contribution in [0, 0.1) is 0 Å². The van der Waals surface area contributed by atoms with Gasteiger partial charge in [0.1, 0.15) is 23.9 Å². The Kier molecular flexibility index (Phi) is 7.81. The quantitative estimate of drug-likeness (QED) is 0.472. The minimum absolute atomic E-state index is 0.179. The van der Waals surface area contributed by atoms with Crippen molar-refractivity contribution in [3.05, 3.63) is 71.8 Å². The van der Waals surface area contributed by atoms with Crippen LogP contribution in [0.15, 0.2) is 60.7 Å². The number of carbonyl (C=O) groups excluding carboxylic acids is 1. The SMILES string of the molecule is CC(C)(C)OC(=O)N1C[C@H]1[C@@H](OCc1ccccc1)[C@@H](OCc1ccccc1)[C@H]1COC(C)(C)O1. The molecule has 1 amide bonds. The van der Waals surface area contributed by atoms with E-state index in [0.717, 1.165) is 11.1 Å². The molecule has 0 aliphatic carbocycles. The number of amides is 1. The first kappa shape index (κ1) is 25.6. The Morgan fingerprint density at radius 2 is 1.51 bits per heavy atom. The molecule has 0 spiro atoms. The third-order valence-corrected chi connectivity index (χ3v) is 5.95. The van der Waals surface area contributed by atoms with Gasteiger partial charge in [0.05, 0.1) is 25.9 Å². The van der Waals surface area contributed by atoms with Gasteiger partial charge in [0.15, 0.2) is 5.79 Å². The van der Waals surface area contributed by atoms with Crippen LogP contribution in [-0.4, -0.2) is 59.9 Å². The molecule has 2 saturated heterocycles. The van der Waals surface area contributed by atoms with Crippen LogP contribution in [0.2, 0.25) is 0 Å². The van der Waals surface area contributed by atoms with Gasteiger partial charge in [-0.2, -0.15) is 0 Å². The van der Waals surface area contributed by atoms with Crippen molar-refractivity contribution in [3.63, 3.8) is 0 Å². The summed E-state index contributed by atoms with van der Waals surface area (Å²) in [7, 11) is 0. The Labute approximate surface area is 208 Å². The lowest BCUT2D eigenvalue weighted by atomic mass is 10.0. The number of rotatable bonds is 9. The molecule has 2 heterocycles. The molecule has 190 valence electrons. The van der Waals surface area contributed by atoms with E-state index in [1.54, 1.807) is 4.90 Å². The van der Waals surface area contributed by atoms with Crippen LogP contribution < -0.4 is 0 Å². The Hall–Kier alpha value is -2.45. The second-order valence-corrected chi connectivity index (χ2v) is 10.6. The summed E-state index contributed by atoms with van der Waals surface area (Å²) in [6.07, 6.45) is -1.55. The summed E-state index contributed by atoms with van der Waals surface area (Å²) in [5, 5.41) is 0. The van der Waals surface area contributed by atoms with Gasteiger partial charge in [0, 0.05) is 6.54 Å². The molecule has 0 radical (unpaired) electrons. The van der Waals surface area contributed by atoms with Crippen molar-refractivity contribution in [2.24, 2.45) is 0 Å². The van der Waals surface area contributed by atoms with E-state index < -0.39 is 23.6 Å². The number of nitrogens with zero attached hydrogens (tertiary/aromatic N) is 1. The highest BCUT2D eigenvalue weighted by atomic mass is 16.8. The fourth-order valence-electron chi connectivity index (χ4n) is 4.22. The normalized spacial score (nSPS) is 23.1. The topological polar surface area (TPSA) is 66.2 Å². The fraction of sp³-hybridized carbons (Fsp3) is 0.536. The second kappa shape index (κ2) is 10.7. The van der Waals surface area contributed by atoms with E-state index in [0.29, 0.717) is 26.4 Å². The molecular formula is C28H37NO6. The highest BCUT2D eigenvalue weighted by Crippen LogP contribution is 2.35. The summed E-state index contributed by atoms with van der Waals surface area (Å²) in [5.41, 5.74) is 1.53. The van der Waals surface area contributed by atoms with Crippen LogP contribution in [0.5, 0.6) is 0 Å². The van der Waals surface area contributed by atoms with Crippen molar-refractivity contribution in [2.75, 3.05) is 13.2 Å². The molecule has 0 N–H and O–H groups in total. The highest BCUT2D eigenvalue weighted by Gasteiger charge is 2.53. The van der Waals surface area contributed by atoms with E-state index >= 15 is 0 Å². The van der Waals surface area contributed by atoms with Gasteiger partial charge in [-0.1, -0.05) is 60.7 Å². The molecule has 2 aromatic rings. The predicted octanol–water partition coefficient (Wildman–Crippen LogP) is 4.93. The first-order valence-electron chi connectivity index (χ1n) is 12.2. The van der Waals surface area contributed by atoms with Crippen LogP contribution in [0.1, 0.15) is 45.7 Å². The average molecular weight is 484 g/mol. The van der Waals surface area contributed by atoms with Crippen molar-refractivity contribution in [1.29, 1.82) is 0 Å². The van der Waals surface area contributed by atoms with Crippen LogP contribution in [0.4, 0.5) is 4.79 Å². The molecule has 35 heavy (non-hydrogen) atoms. The first-order chi connectivity index (χ1) is 16.6. The Morgan fingerprint density at radius 1 is 0.971 bits per heavy atom. The zero-order chi connectivity index (χ0) is 25.1. The van der Waals surface area contributed by atoms with Crippen LogP contribution in [0.25, 0.3) is 0 Å². The lowest BCUT2D eigenvalue weighted by molar-refractivity contribution is -0.180. The minimum Gasteiger partial charge on any atom is -0.444 e. The number of carbonyl (C=O) groups is 1. The van der Waals surface area contributed by atoms with Crippen molar-refractivity contribution >= 4 is 6.09 Å². The van der Waals surface area contributed by atoms with E-state index in [1.165, 1.54) is 0 Å². The van der Waals surface area contributed by atoms with E-state index in [-0.39, 0.29) is 18.2 Å². The summed E-state index contributed by atoms with van der Waals surface area (Å²) >= 11 is 0. The summed E-state index contributed by atoms with van der Waals surface area (Å²) in [6.45, 7) is 11.1.